The van der Waals surface area contributed by atoms with Gasteiger partial charge in [0.25, 0.3) is 5.91 Å². The first-order chi connectivity index (χ1) is 8.07. The largest absolute Gasteiger partial charge is 0.480 e. The Morgan fingerprint density at radius 2 is 2.12 bits per heavy atom. The van der Waals surface area contributed by atoms with Gasteiger partial charge in [0.1, 0.15) is 0 Å². The molecule has 1 amide bonds. The van der Waals surface area contributed by atoms with E-state index in [1.165, 1.54) is 7.11 Å². The highest BCUT2D eigenvalue weighted by Gasteiger charge is 2.53. The van der Waals surface area contributed by atoms with Crippen molar-refractivity contribution in [1.29, 1.82) is 0 Å². The highest BCUT2D eigenvalue weighted by molar-refractivity contribution is 6.34. The van der Waals surface area contributed by atoms with Crippen molar-refractivity contribution in [3.05, 3.63) is 29.3 Å². The average Bonchev–Trinajstić information content (AvgIpc) is 2.28. The summed E-state index contributed by atoms with van der Waals surface area (Å²) >= 11 is 5.93. The fraction of sp³-hybridized carbons (Fsp3) is 0.273. The van der Waals surface area contributed by atoms with Crippen LogP contribution in [0.5, 0.6) is 0 Å². The molecule has 1 aliphatic rings. The molecule has 6 heteroatoms. The van der Waals surface area contributed by atoms with E-state index in [9.17, 15) is 9.59 Å². The third-order valence-corrected chi connectivity index (χ3v) is 2.98. The van der Waals surface area contributed by atoms with E-state index in [4.69, 9.17) is 21.4 Å². The number of β-lactam (4-membered cyclic amide) rings is 1. The molecule has 17 heavy (non-hydrogen) atoms. The second kappa shape index (κ2) is 4.35. The van der Waals surface area contributed by atoms with Crippen molar-refractivity contribution in [3.8, 4) is 0 Å². The number of anilines is 1. The lowest BCUT2D eigenvalue weighted by Crippen LogP contribution is -2.69. The van der Waals surface area contributed by atoms with Crippen molar-refractivity contribution in [2.24, 2.45) is 0 Å². The molecule has 90 valence electrons. The Bertz CT molecular complexity index is 476. The number of aliphatic carboxylic acids is 1. The van der Waals surface area contributed by atoms with Crippen LogP contribution < -0.4 is 4.90 Å². The van der Waals surface area contributed by atoms with E-state index in [2.05, 4.69) is 0 Å². The van der Waals surface area contributed by atoms with Gasteiger partial charge in [0.15, 0.2) is 12.1 Å². The molecule has 0 saturated carbocycles. The minimum atomic E-state index is -1.11. The molecular weight excluding hydrogens is 246 g/mol. The summed E-state index contributed by atoms with van der Waals surface area (Å²) in [7, 11) is 1.31. The summed E-state index contributed by atoms with van der Waals surface area (Å²) in [5, 5.41) is 9.39. The fourth-order valence-electron chi connectivity index (χ4n) is 1.85. The molecule has 0 bridgehead atoms. The highest BCUT2D eigenvalue weighted by atomic mass is 35.5. The zero-order valence-electron chi connectivity index (χ0n) is 8.96. The monoisotopic (exact) mass is 255 g/mol. The molecule has 1 N–H and O–H groups in total. The number of hydrogen-bond donors (Lipinski definition) is 1. The van der Waals surface area contributed by atoms with E-state index in [0.29, 0.717) is 10.7 Å². The van der Waals surface area contributed by atoms with Crippen LogP contribution >= 0.6 is 11.6 Å². The van der Waals surface area contributed by atoms with Gasteiger partial charge in [0, 0.05) is 7.11 Å². The molecule has 0 spiro atoms. The quantitative estimate of drug-likeness (QED) is 0.823. The minimum absolute atomic E-state index is 0.335. The van der Waals surface area contributed by atoms with Crippen molar-refractivity contribution < 1.29 is 19.4 Å². The van der Waals surface area contributed by atoms with E-state index in [1.54, 1.807) is 24.3 Å². The van der Waals surface area contributed by atoms with Gasteiger partial charge in [0.2, 0.25) is 0 Å². The predicted molar refractivity (Wildman–Crippen MR) is 61.2 cm³/mol. The van der Waals surface area contributed by atoms with Gasteiger partial charge in [-0.2, -0.15) is 0 Å². The van der Waals surface area contributed by atoms with Gasteiger partial charge in [-0.25, -0.2) is 4.79 Å². The average molecular weight is 256 g/mol. The molecule has 0 unspecified atom stereocenters. The van der Waals surface area contributed by atoms with Crippen molar-refractivity contribution >= 4 is 29.2 Å². The summed E-state index contributed by atoms with van der Waals surface area (Å²) in [4.78, 5) is 24.0. The summed E-state index contributed by atoms with van der Waals surface area (Å²) in [6.07, 6.45) is -0.941. The molecule has 1 saturated heterocycles. The number of hydrogen-bond acceptors (Lipinski definition) is 3. The molecular formula is C11H10ClNO4. The fourth-order valence-corrected chi connectivity index (χ4v) is 2.07. The molecule has 0 aromatic heterocycles. The Labute approximate surface area is 103 Å². The van der Waals surface area contributed by atoms with Gasteiger partial charge in [-0.15, -0.1) is 0 Å². The number of carbonyl (C=O) groups is 2. The van der Waals surface area contributed by atoms with E-state index >= 15 is 0 Å². The van der Waals surface area contributed by atoms with E-state index in [0.717, 1.165) is 4.90 Å². The van der Waals surface area contributed by atoms with Gasteiger partial charge in [-0.05, 0) is 12.1 Å². The summed E-state index contributed by atoms with van der Waals surface area (Å²) in [5.41, 5.74) is 0.389. The zero-order chi connectivity index (χ0) is 12.6. The molecule has 1 aliphatic heterocycles. The number of para-hydroxylation sites is 1. The maximum Gasteiger partial charge on any atom is 0.330 e. The third kappa shape index (κ3) is 1.77. The molecule has 0 aliphatic carbocycles. The topological polar surface area (TPSA) is 66.8 Å². The summed E-state index contributed by atoms with van der Waals surface area (Å²) in [6, 6.07) is 5.57. The van der Waals surface area contributed by atoms with Crippen LogP contribution in [0.4, 0.5) is 5.69 Å². The third-order valence-electron chi connectivity index (χ3n) is 2.66. The number of carboxylic acid groups (broad SMARTS) is 1. The first-order valence-electron chi connectivity index (χ1n) is 4.91. The summed E-state index contributed by atoms with van der Waals surface area (Å²) in [6.45, 7) is 0. The van der Waals surface area contributed by atoms with Crippen molar-refractivity contribution in [1.82, 2.24) is 0 Å². The maximum atomic E-state index is 11.7. The summed E-state index contributed by atoms with van der Waals surface area (Å²) in [5.74, 6) is -1.51. The minimum Gasteiger partial charge on any atom is -0.480 e. The maximum absolute atomic E-state index is 11.7. The SMILES string of the molecule is CO[C@@H]1C(=O)N(c2ccccc2Cl)[C@H]1C(=O)O. The van der Waals surface area contributed by atoms with Crippen LogP contribution in [0.1, 0.15) is 0 Å². The predicted octanol–water partition coefficient (Wildman–Crippen LogP) is 1.15. The lowest BCUT2D eigenvalue weighted by atomic mass is 9.96. The summed E-state index contributed by atoms with van der Waals surface area (Å²) < 4.78 is 4.85. The van der Waals surface area contributed by atoms with Gasteiger partial charge >= 0.3 is 5.97 Å². The number of halogens is 1. The molecule has 1 heterocycles. The van der Waals surface area contributed by atoms with Gasteiger partial charge in [0.05, 0.1) is 10.7 Å². The molecule has 2 rings (SSSR count). The smallest absolute Gasteiger partial charge is 0.330 e. The number of benzene rings is 1. The van der Waals surface area contributed by atoms with E-state index in [-0.39, 0.29) is 0 Å². The Hall–Kier alpha value is -1.59. The normalized spacial score (nSPS) is 23.4. The standard InChI is InChI=1S/C11H10ClNO4/c1-17-9-8(11(15)16)13(10(9)14)7-5-3-2-4-6(7)12/h2-5,8-9H,1H3,(H,15,16)/t8-,9+/m1/s1. The van der Waals surface area contributed by atoms with Crippen molar-refractivity contribution in [2.75, 3.05) is 12.0 Å². The van der Waals surface area contributed by atoms with Crippen molar-refractivity contribution in [3.63, 3.8) is 0 Å². The van der Waals surface area contributed by atoms with Crippen LogP contribution in [-0.4, -0.2) is 36.2 Å². The second-order valence-corrected chi connectivity index (χ2v) is 4.01. The highest BCUT2D eigenvalue weighted by Crippen LogP contribution is 2.34. The first kappa shape index (κ1) is 11.9. The molecule has 1 fully saturated rings. The molecule has 2 atom stereocenters. The number of ether oxygens (including phenoxy) is 1. The van der Waals surface area contributed by atoms with Crippen molar-refractivity contribution in [2.45, 2.75) is 12.1 Å². The van der Waals surface area contributed by atoms with Crippen LogP contribution in [0.3, 0.4) is 0 Å². The van der Waals surface area contributed by atoms with Crippen LogP contribution in [-0.2, 0) is 14.3 Å². The molecule has 1 aromatic rings. The van der Waals surface area contributed by atoms with Gasteiger partial charge < -0.3 is 9.84 Å². The van der Waals surface area contributed by atoms with Crippen LogP contribution in [0, 0.1) is 0 Å². The lowest BCUT2D eigenvalue weighted by Gasteiger charge is -2.43. The van der Waals surface area contributed by atoms with E-state index < -0.39 is 24.0 Å². The van der Waals surface area contributed by atoms with Gasteiger partial charge in [-0.3, -0.25) is 9.69 Å². The number of carbonyl (C=O) groups excluding carboxylic acids is 1. The number of nitrogens with zero attached hydrogens (tertiary/aromatic N) is 1. The molecule has 1 aromatic carbocycles. The first-order valence-corrected chi connectivity index (χ1v) is 5.29. The number of amides is 1. The zero-order valence-corrected chi connectivity index (χ0v) is 9.72. The van der Waals surface area contributed by atoms with Crippen LogP contribution in [0.25, 0.3) is 0 Å². The molecule has 0 radical (unpaired) electrons. The Morgan fingerprint density at radius 3 is 2.65 bits per heavy atom. The Morgan fingerprint density at radius 1 is 1.47 bits per heavy atom. The van der Waals surface area contributed by atoms with Crippen LogP contribution in [0.15, 0.2) is 24.3 Å². The second-order valence-electron chi connectivity index (χ2n) is 3.60. The Kier molecular flexibility index (Phi) is 3.04. The molecule has 5 nitrogen and oxygen atoms in total. The number of rotatable bonds is 3. The Balaban J connectivity index is 2.36. The van der Waals surface area contributed by atoms with Crippen LogP contribution in [0.2, 0.25) is 5.02 Å². The number of carboxylic acids is 1. The van der Waals surface area contributed by atoms with Gasteiger partial charge in [-0.1, -0.05) is 23.7 Å². The van der Waals surface area contributed by atoms with E-state index in [1.807, 2.05) is 0 Å². The lowest BCUT2D eigenvalue weighted by molar-refractivity contribution is -0.155. The number of methoxy groups -OCH3 is 1.